The highest BCUT2D eigenvalue weighted by molar-refractivity contribution is 4.94. The number of nitrogens with zero attached hydrogens (tertiary/aromatic N) is 2. The van der Waals surface area contributed by atoms with Gasteiger partial charge < -0.3 is 5.11 Å². The van der Waals surface area contributed by atoms with Gasteiger partial charge >= 0.3 is 0 Å². The van der Waals surface area contributed by atoms with Crippen molar-refractivity contribution in [2.75, 3.05) is 6.61 Å². The van der Waals surface area contributed by atoms with Crippen molar-refractivity contribution in [2.45, 2.75) is 20.4 Å². The van der Waals surface area contributed by atoms with E-state index in [4.69, 9.17) is 5.11 Å². The Morgan fingerprint density at radius 3 is 2.91 bits per heavy atom. The van der Waals surface area contributed by atoms with Crippen LogP contribution in [0.2, 0.25) is 0 Å². The van der Waals surface area contributed by atoms with Crippen molar-refractivity contribution in [3.8, 4) is 0 Å². The van der Waals surface area contributed by atoms with E-state index in [0.717, 1.165) is 12.2 Å². The lowest BCUT2D eigenvalue weighted by molar-refractivity contribution is 0.219. The molecule has 0 fully saturated rings. The second-order valence-corrected chi connectivity index (χ2v) is 2.97. The fourth-order valence-electron chi connectivity index (χ4n) is 0.942. The quantitative estimate of drug-likeness (QED) is 0.700. The van der Waals surface area contributed by atoms with E-state index in [1.165, 1.54) is 0 Å². The Bertz CT molecular complexity index is 220. The van der Waals surface area contributed by atoms with Gasteiger partial charge in [-0.05, 0) is 18.9 Å². The van der Waals surface area contributed by atoms with Gasteiger partial charge in [0, 0.05) is 19.3 Å². The highest BCUT2D eigenvalue weighted by atomic mass is 16.3. The summed E-state index contributed by atoms with van der Waals surface area (Å²) in [6, 6.07) is 1.96. The number of aliphatic hydroxyl groups is 1. The van der Waals surface area contributed by atoms with Crippen molar-refractivity contribution >= 4 is 0 Å². The molecular weight excluding hydrogens is 140 g/mol. The van der Waals surface area contributed by atoms with E-state index in [0.29, 0.717) is 0 Å². The molecular formula is C8H14N2O. The molecule has 1 atom stereocenters. The molecule has 1 unspecified atom stereocenters. The van der Waals surface area contributed by atoms with E-state index >= 15 is 0 Å². The van der Waals surface area contributed by atoms with E-state index in [2.05, 4.69) is 5.10 Å². The third kappa shape index (κ3) is 2.35. The van der Waals surface area contributed by atoms with Crippen LogP contribution in [0.3, 0.4) is 0 Å². The maximum atomic E-state index is 8.76. The van der Waals surface area contributed by atoms with Gasteiger partial charge in [-0.1, -0.05) is 6.92 Å². The van der Waals surface area contributed by atoms with Crippen LogP contribution >= 0.6 is 0 Å². The van der Waals surface area contributed by atoms with Crippen molar-refractivity contribution < 1.29 is 5.11 Å². The van der Waals surface area contributed by atoms with Crippen LogP contribution < -0.4 is 0 Å². The number of rotatable bonds is 3. The molecule has 1 aromatic rings. The predicted molar refractivity (Wildman–Crippen MR) is 43.2 cm³/mol. The fraction of sp³-hybridized carbons (Fsp3) is 0.625. The SMILES string of the molecule is Cc1ccn(CC(C)CO)n1. The summed E-state index contributed by atoms with van der Waals surface area (Å²) in [5.74, 6) is 0.286. The Morgan fingerprint density at radius 1 is 1.73 bits per heavy atom. The van der Waals surface area contributed by atoms with Crippen molar-refractivity contribution in [3.63, 3.8) is 0 Å². The van der Waals surface area contributed by atoms with Gasteiger partial charge in [0.05, 0.1) is 5.69 Å². The maximum absolute atomic E-state index is 8.76. The van der Waals surface area contributed by atoms with Crippen LogP contribution in [0.4, 0.5) is 0 Å². The molecule has 0 spiro atoms. The topological polar surface area (TPSA) is 38.0 Å². The Kier molecular flexibility index (Phi) is 2.65. The Balaban J connectivity index is 2.50. The molecule has 0 bridgehead atoms. The highest BCUT2D eigenvalue weighted by Crippen LogP contribution is 1.99. The van der Waals surface area contributed by atoms with Gasteiger partial charge in [0.2, 0.25) is 0 Å². The van der Waals surface area contributed by atoms with Gasteiger partial charge in [-0.2, -0.15) is 5.10 Å². The summed E-state index contributed by atoms with van der Waals surface area (Å²) in [4.78, 5) is 0. The molecule has 1 heterocycles. The van der Waals surface area contributed by atoms with E-state index in [9.17, 15) is 0 Å². The molecule has 1 aromatic heterocycles. The average molecular weight is 154 g/mol. The summed E-state index contributed by atoms with van der Waals surface area (Å²) >= 11 is 0. The second kappa shape index (κ2) is 3.53. The zero-order valence-corrected chi connectivity index (χ0v) is 6.99. The molecule has 0 aromatic carbocycles. The van der Waals surface area contributed by atoms with Gasteiger partial charge in [0.25, 0.3) is 0 Å². The lowest BCUT2D eigenvalue weighted by atomic mass is 10.2. The first-order chi connectivity index (χ1) is 5.22. The minimum Gasteiger partial charge on any atom is -0.396 e. The van der Waals surface area contributed by atoms with Crippen LogP contribution in [0.1, 0.15) is 12.6 Å². The molecule has 1 N–H and O–H groups in total. The molecule has 62 valence electrons. The molecule has 0 saturated carbocycles. The Labute approximate surface area is 66.7 Å². The van der Waals surface area contributed by atoms with Crippen molar-refractivity contribution in [1.29, 1.82) is 0 Å². The number of hydrogen-bond donors (Lipinski definition) is 1. The third-order valence-electron chi connectivity index (χ3n) is 1.58. The average Bonchev–Trinajstić information content (AvgIpc) is 2.35. The van der Waals surface area contributed by atoms with Gasteiger partial charge in [-0.25, -0.2) is 0 Å². The Hall–Kier alpha value is -0.830. The van der Waals surface area contributed by atoms with E-state index in [1.807, 2.05) is 30.8 Å². The highest BCUT2D eigenvalue weighted by Gasteiger charge is 2.00. The lowest BCUT2D eigenvalue weighted by Crippen LogP contribution is -2.11. The van der Waals surface area contributed by atoms with Crippen LogP contribution in [0.25, 0.3) is 0 Å². The Morgan fingerprint density at radius 2 is 2.45 bits per heavy atom. The predicted octanol–water partition coefficient (Wildman–Crippen LogP) is 0.820. The molecule has 0 radical (unpaired) electrons. The van der Waals surface area contributed by atoms with Gasteiger partial charge in [-0.15, -0.1) is 0 Å². The van der Waals surface area contributed by atoms with Crippen molar-refractivity contribution in [2.24, 2.45) is 5.92 Å². The van der Waals surface area contributed by atoms with Crippen LogP contribution in [0, 0.1) is 12.8 Å². The molecule has 0 amide bonds. The largest absolute Gasteiger partial charge is 0.396 e. The lowest BCUT2D eigenvalue weighted by Gasteiger charge is -2.06. The van der Waals surface area contributed by atoms with E-state index < -0.39 is 0 Å². The molecule has 3 heteroatoms. The molecule has 0 aliphatic rings. The molecule has 0 aliphatic heterocycles. The van der Waals surface area contributed by atoms with E-state index in [-0.39, 0.29) is 12.5 Å². The molecule has 1 rings (SSSR count). The minimum atomic E-state index is 0.221. The summed E-state index contributed by atoms with van der Waals surface area (Å²) in [6.07, 6.45) is 1.93. The number of aromatic nitrogens is 2. The zero-order valence-electron chi connectivity index (χ0n) is 6.99. The first kappa shape index (κ1) is 8.27. The van der Waals surface area contributed by atoms with Crippen molar-refractivity contribution in [1.82, 2.24) is 9.78 Å². The molecule has 3 nitrogen and oxygen atoms in total. The normalized spacial score (nSPS) is 13.4. The van der Waals surface area contributed by atoms with Gasteiger partial charge in [-0.3, -0.25) is 4.68 Å². The molecule has 0 aliphatic carbocycles. The summed E-state index contributed by atoms with van der Waals surface area (Å²) in [6.45, 7) is 4.97. The molecule has 11 heavy (non-hydrogen) atoms. The fourth-order valence-corrected chi connectivity index (χ4v) is 0.942. The third-order valence-corrected chi connectivity index (χ3v) is 1.58. The number of hydrogen-bond acceptors (Lipinski definition) is 2. The minimum absolute atomic E-state index is 0.221. The summed E-state index contributed by atoms with van der Waals surface area (Å²) in [7, 11) is 0. The van der Waals surface area contributed by atoms with Gasteiger partial charge in [0.1, 0.15) is 0 Å². The van der Waals surface area contributed by atoms with E-state index in [1.54, 1.807) is 0 Å². The smallest absolute Gasteiger partial charge is 0.0593 e. The molecule has 0 saturated heterocycles. The number of aryl methyl sites for hydroxylation is 1. The maximum Gasteiger partial charge on any atom is 0.0593 e. The van der Waals surface area contributed by atoms with Gasteiger partial charge in [0.15, 0.2) is 0 Å². The van der Waals surface area contributed by atoms with Crippen LogP contribution in [0.15, 0.2) is 12.3 Å². The first-order valence-corrected chi connectivity index (χ1v) is 3.83. The van der Waals surface area contributed by atoms with Crippen LogP contribution in [0.5, 0.6) is 0 Å². The zero-order chi connectivity index (χ0) is 8.27. The summed E-state index contributed by atoms with van der Waals surface area (Å²) in [5.41, 5.74) is 1.02. The first-order valence-electron chi connectivity index (χ1n) is 3.83. The second-order valence-electron chi connectivity index (χ2n) is 2.97. The summed E-state index contributed by atoms with van der Waals surface area (Å²) < 4.78 is 1.86. The monoisotopic (exact) mass is 154 g/mol. The standard InChI is InChI=1S/C8H14N2O/c1-7(6-11)5-10-4-3-8(2)9-10/h3-4,7,11H,5-6H2,1-2H3. The van der Waals surface area contributed by atoms with Crippen molar-refractivity contribution in [3.05, 3.63) is 18.0 Å². The van der Waals surface area contributed by atoms with Crippen LogP contribution in [-0.2, 0) is 6.54 Å². The summed E-state index contributed by atoms with van der Waals surface area (Å²) in [5, 5.41) is 13.0. The van der Waals surface area contributed by atoms with Crippen LogP contribution in [-0.4, -0.2) is 21.5 Å². The number of aliphatic hydroxyl groups excluding tert-OH is 1.